The van der Waals surface area contributed by atoms with Crippen molar-refractivity contribution in [3.63, 3.8) is 0 Å². The molecular weight excluding hydrogens is 384 g/mol. The van der Waals surface area contributed by atoms with Crippen molar-refractivity contribution in [2.75, 3.05) is 13.1 Å². The van der Waals surface area contributed by atoms with E-state index in [1.54, 1.807) is 0 Å². The van der Waals surface area contributed by atoms with Crippen molar-refractivity contribution in [2.24, 2.45) is 0 Å². The van der Waals surface area contributed by atoms with Gasteiger partial charge in [-0.25, -0.2) is 9.50 Å². The van der Waals surface area contributed by atoms with Crippen LogP contribution in [-0.4, -0.2) is 38.5 Å². The van der Waals surface area contributed by atoms with Gasteiger partial charge < -0.3 is 4.90 Å². The Morgan fingerprint density at radius 1 is 1.03 bits per heavy atom. The lowest BCUT2D eigenvalue weighted by Gasteiger charge is -2.22. The number of carbonyl (C=O) groups is 1. The maximum atomic E-state index is 13.2. The third kappa shape index (κ3) is 5.15. The van der Waals surface area contributed by atoms with E-state index >= 15 is 0 Å². The number of rotatable bonds is 9. The zero-order chi connectivity index (χ0) is 20.8. The average molecular weight is 413 g/mol. The van der Waals surface area contributed by atoms with E-state index in [1.165, 1.54) is 0 Å². The highest BCUT2D eigenvalue weighted by Gasteiger charge is 2.21. The van der Waals surface area contributed by atoms with Crippen LogP contribution in [0.5, 0.6) is 0 Å². The molecule has 2 heterocycles. The summed E-state index contributed by atoms with van der Waals surface area (Å²) in [6.07, 6.45) is 4.46. The summed E-state index contributed by atoms with van der Waals surface area (Å²) in [4.78, 5) is 20.0. The van der Waals surface area contributed by atoms with Crippen LogP contribution in [0.2, 0.25) is 5.02 Å². The van der Waals surface area contributed by atoms with Gasteiger partial charge in [-0.1, -0.05) is 50.4 Å². The molecule has 5 nitrogen and oxygen atoms in total. The minimum Gasteiger partial charge on any atom is -0.342 e. The fraction of sp³-hybridized carbons (Fsp3) is 0.435. The molecule has 0 saturated heterocycles. The first-order chi connectivity index (χ1) is 14.0. The number of imidazole rings is 1. The van der Waals surface area contributed by atoms with Crippen molar-refractivity contribution < 1.29 is 4.79 Å². The van der Waals surface area contributed by atoms with E-state index < -0.39 is 0 Å². The van der Waals surface area contributed by atoms with Gasteiger partial charge in [0.2, 0.25) is 5.91 Å². The first-order valence-corrected chi connectivity index (χ1v) is 10.8. The van der Waals surface area contributed by atoms with Crippen molar-refractivity contribution in [1.82, 2.24) is 19.5 Å². The van der Waals surface area contributed by atoms with Crippen LogP contribution >= 0.6 is 11.6 Å². The smallest absolute Gasteiger partial charge is 0.228 e. The SMILES string of the molecule is CCCCN(CCCC)C(=O)Cc1c(-c2ccc(Cl)cc2)nc2ccc(C)nn12. The number of carbonyl (C=O) groups excluding carboxylic acids is 1. The molecule has 3 aromatic rings. The summed E-state index contributed by atoms with van der Waals surface area (Å²) in [5.74, 6) is 0.132. The Kier molecular flexibility index (Phi) is 7.26. The zero-order valence-corrected chi connectivity index (χ0v) is 18.2. The third-order valence-corrected chi connectivity index (χ3v) is 5.31. The maximum Gasteiger partial charge on any atom is 0.228 e. The van der Waals surface area contributed by atoms with Crippen LogP contribution < -0.4 is 0 Å². The number of hydrogen-bond donors (Lipinski definition) is 0. The largest absolute Gasteiger partial charge is 0.342 e. The number of halogens is 1. The Balaban J connectivity index is 1.99. The van der Waals surface area contributed by atoms with Gasteiger partial charge in [0, 0.05) is 23.7 Å². The molecule has 0 radical (unpaired) electrons. The van der Waals surface area contributed by atoms with E-state index in [4.69, 9.17) is 16.6 Å². The lowest BCUT2D eigenvalue weighted by Crippen LogP contribution is -2.34. The Hall–Kier alpha value is -2.40. The number of benzene rings is 1. The molecule has 1 amide bonds. The summed E-state index contributed by atoms with van der Waals surface area (Å²) < 4.78 is 1.81. The number of hydrogen-bond acceptors (Lipinski definition) is 3. The molecule has 0 unspecified atom stereocenters. The Bertz CT molecular complexity index is 957. The standard InChI is InChI=1S/C23H29ClN4O/c1-4-6-14-27(15-7-5-2)22(29)16-20-23(18-9-11-19(24)12-10-18)25-21-13-8-17(3)26-28(20)21/h8-13H,4-7,14-16H2,1-3H3. The molecule has 0 fully saturated rings. The second kappa shape index (κ2) is 9.88. The molecular formula is C23H29ClN4O. The van der Waals surface area contributed by atoms with Crippen molar-refractivity contribution in [2.45, 2.75) is 52.9 Å². The van der Waals surface area contributed by atoms with E-state index in [-0.39, 0.29) is 12.3 Å². The fourth-order valence-corrected chi connectivity index (χ4v) is 3.51. The van der Waals surface area contributed by atoms with Crippen LogP contribution in [-0.2, 0) is 11.2 Å². The van der Waals surface area contributed by atoms with Gasteiger partial charge in [0.25, 0.3) is 0 Å². The Morgan fingerprint density at radius 2 is 1.69 bits per heavy atom. The summed E-state index contributed by atoms with van der Waals surface area (Å²) in [6, 6.07) is 11.5. The van der Waals surface area contributed by atoms with Gasteiger partial charge in [-0.2, -0.15) is 5.10 Å². The normalized spacial score (nSPS) is 11.2. The summed E-state index contributed by atoms with van der Waals surface area (Å²) in [7, 11) is 0. The molecule has 29 heavy (non-hydrogen) atoms. The first kappa shape index (κ1) is 21.3. The van der Waals surface area contributed by atoms with Gasteiger partial charge in [0.1, 0.15) is 0 Å². The Morgan fingerprint density at radius 3 is 2.31 bits per heavy atom. The first-order valence-electron chi connectivity index (χ1n) is 10.4. The fourth-order valence-electron chi connectivity index (χ4n) is 3.38. The van der Waals surface area contributed by atoms with Gasteiger partial charge in [-0.15, -0.1) is 0 Å². The van der Waals surface area contributed by atoms with E-state index in [9.17, 15) is 4.79 Å². The average Bonchev–Trinajstić information content (AvgIpc) is 3.06. The minimum absolute atomic E-state index is 0.132. The second-order valence-electron chi connectivity index (χ2n) is 7.42. The van der Waals surface area contributed by atoms with Crippen LogP contribution in [0.15, 0.2) is 36.4 Å². The molecule has 154 valence electrons. The molecule has 0 N–H and O–H groups in total. The number of nitrogens with zero attached hydrogens (tertiary/aromatic N) is 4. The van der Waals surface area contributed by atoms with E-state index in [1.807, 2.05) is 52.7 Å². The van der Waals surface area contributed by atoms with Gasteiger partial charge in [0.05, 0.1) is 23.5 Å². The summed E-state index contributed by atoms with van der Waals surface area (Å²) in [5.41, 5.74) is 4.19. The van der Waals surface area contributed by atoms with Gasteiger partial charge >= 0.3 is 0 Å². The lowest BCUT2D eigenvalue weighted by atomic mass is 10.1. The lowest BCUT2D eigenvalue weighted by molar-refractivity contribution is -0.130. The predicted molar refractivity (Wildman–Crippen MR) is 118 cm³/mol. The van der Waals surface area contributed by atoms with Crippen LogP contribution in [0.3, 0.4) is 0 Å². The minimum atomic E-state index is 0.132. The molecule has 0 atom stereocenters. The molecule has 6 heteroatoms. The van der Waals surface area contributed by atoms with Crippen LogP contribution in [0.4, 0.5) is 0 Å². The van der Waals surface area contributed by atoms with E-state index in [0.29, 0.717) is 5.02 Å². The van der Waals surface area contributed by atoms with Crippen molar-refractivity contribution in [1.29, 1.82) is 0 Å². The summed E-state index contributed by atoms with van der Waals surface area (Å²) in [6.45, 7) is 7.85. The highest BCUT2D eigenvalue weighted by Crippen LogP contribution is 2.26. The second-order valence-corrected chi connectivity index (χ2v) is 7.86. The molecule has 1 aromatic carbocycles. The molecule has 0 spiro atoms. The maximum absolute atomic E-state index is 13.2. The molecule has 0 saturated carbocycles. The zero-order valence-electron chi connectivity index (χ0n) is 17.5. The van der Waals surface area contributed by atoms with E-state index in [2.05, 4.69) is 18.9 Å². The van der Waals surface area contributed by atoms with E-state index in [0.717, 1.165) is 67.1 Å². The third-order valence-electron chi connectivity index (χ3n) is 5.06. The van der Waals surface area contributed by atoms with Crippen LogP contribution in [0.25, 0.3) is 16.9 Å². The van der Waals surface area contributed by atoms with Crippen molar-refractivity contribution in [3.05, 3.63) is 52.8 Å². The highest BCUT2D eigenvalue weighted by atomic mass is 35.5. The number of fused-ring (bicyclic) bond motifs is 1. The number of aromatic nitrogens is 3. The highest BCUT2D eigenvalue weighted by molar-refractivity contribution is 6.30. The van der Waals surface area contributed by atoms with Gasteiger partial charge in [-0.3, -0.25) is 4.79 Å². The summed E-state index contributed by atoms with van der Waals surface area (Å²) >= 11 is 6.06. The molecule has 0 aliphatic carbocycles. The number of unbranched alkanes of at least 4 members (excludes halogenated alkanes) is 2. The molecule has 0 aliphatic heterocycles. The number of amides is 1. The topological polar surface area (TPSA) is 50.5 Å². The molecule has 0 aliphatic rings. The quantitative estimate of drug-likeness (QED) is 0.477. The predicted octanol–water partition coefficient (Wildman–Crippen LogP) is 5.33. The van der Waals surface area contributed by atoms with Crippen LogP contribution in [0, 0.1) is 6.92 Å². The van der Waals surface area contributed by atoms with Gasteiger partial charge in [-0.05, 0) is 44.0 Å². The Labute approximate surface area is 177 Å². The van der Waals surface area contributed by atoms with Crippen molar-refractivity contribution >= 4 is 23.2 Å². The molecule has 0 bridgehead atoms. The number of aryl methyl sites for hydroxylation is 1. The van der Waals surface area contributed by atoms with Crippen LogP contribution in [0.1, 0.15) is 50.9 Å². The van der Waals surface area contributed by atoms with Gasteiger partial charge in [0.15, 0.2) is 5.65 Å². The summed E-state index contributed by atoms with van der Waals surface area (Å²) in [5, 5.41) is 5.31. The molecule has 2 aromatic heterocycles. The molecule has 3 rings (SSSR count). The van der Waals surface area contributed by atoms with Crippen molar-refractivity contribution in [3.8, 4) is 11.3 Å². The monoisotopic (exact) mass is 412 g/mol.